The number of rotatable bonds is 3. The third kappa shape index (κ3) is 3.04. The van der Waals surface area contributed by atoms with Crippen LogP contribution in [0.3, 0.4) is 0 Å². The third-order valence-corrected chi connectivity index (χ3v) is 4.12. The highest BCUT2D eigenvalue weighted by atomic mass is 32.2. The maximum absolute atomic E-state index is 3.40. The van der Waals surface area contributed by atoms with Gasteiger partial charge in [-0.05, 0) is 18.9 Å². The van der Waals surface area contributed by atoms with Crippen molar-refractivity contribution in [1.82, 2.24) is 5.32 Å². The first-order valence-electron chi connectivity index (χ1n) is 4.56. The SMILES string of the molecule is CC(C)C(C)SC1CCNC1. The van der Waals surface area contributed by atoms with Crippen LogP contribution in [-0.2, 0) is 0 Å². The molecule has 0 aromatic rings. The van der Waals surface area contributed by atoms with E-state index in [1.54, 1.807) is 0 Å². The van der Waals surface area contributed by atoms with Crippen molar-refractivity contribution < 1.29 is 0 Å². The Hall–Kier alpha value is 0.310. The molecule has 1 N–H and O–H groups in total. The number of nitrogens with one attached hydrogen (secondary N) is 1. The molecule has 1 fully saturated rings. The second-order valence-electron chi connectivity index (χ2n) is 3.70. The van der Waals surface area contributed by atoms with Gasteiger partial charge in [0.15, 0.2) is 0 Å². The molecule has 1 aliphatic heterocycles. The number of thioether (sulfide) groups is 1. The van der Waals surface area contributed by atoms with Crippen LogP contribution in [0.5, 0.6) is 0 Å². The van der Waals surface area contributed by atoms with Gasteiger partial charge in [-0.2, -0.15) is 11.8 Å². The van der Waals surface area contributed by atoms with Crippen LogP contribution >= 0.6 is 11.8 Å². The van der Waals surface area contributed by atoms with Gasteiger partial charge < -0.3 is 5.32 Å². The average Bonchev–Trinajstić information content (AvgIpc) is 2.39. The summed E-state index contributed by atoms with van der Waals surface area (Å²) in [5, 5.41) is 5.10. The minimum Gasteiger partial charge on any atom is -0.316 e. The van der Waals surface area contributed by atoms with E-state index >= 15 is 0 Å². The maximum Gasteiger partial charge on any atom is 0.0187 e. The van der Waals surface area contributed by atoms with Crippen molar-refractivity contribution >= 4 is 11.8 Å². The van der Waals surface area contributed by atoms with Crippen molar-refractivity contribution in [3.63, 3.8) is 0 Å². The van der Waals surface area contributed by atoms with Gasteiger partial charge >= 0.3 is 0 Å². The van der Waals surface area contributed by atoms with Gasteiger partial charge in [-0.25, -0.2) is 0 Å². The van der Waals surface area contributed by atoms with E-state index in [4.69, 9.17) is 0 Å². The fourth-order valence-electron chi connectivity index (χ4n) is 1.21. The molecular formula is C9H19NS. The lowest BCUT2D eigenvalue weighted by Crippen LogP contribution is -2.15. The summed E-state index contributed by atoms with van der Waals surface area (Å²) in [4.78, 5) is 0. The van der Waals surface area contributed by atoms with Gasteiger partial charge in [0.1, 0.15) is 0 Å². The molecular weight excluding hydrogens is 154 g/mol. The van der Waals surface area contributed by atoms with E-state index in [0.717, 1.165) is 16.4 Å². The van der Waals surface area contributed by atoms with Crippen LogP contribution in [0.25, 0.3) is 0 Å². The highest BCUT2D eigenvalue weighted by Gasteiger charge is 2.19. The van der Waals surface area contributed by atoms with Gasteiger partial charge in [0, 0.05) is 17.0 Å². The molecule has 2 unspecified atom stereocenters. The first kappa shape index (κ1) is 9.40. The minimum atomic E-state index is 0.819. The Balaban J connectivity index is 2.18. The van der Waals surface area contributed by atoms with Crippen molar-refractivity contribution in [2.45, 2.75) is 37.7 Å². The van der Waals surface area contributed by atoms with E-state index in [1.807, 2.05) is 0 Å². The molecule has 1 saturated heterocycles. The molecule has 1 heterocycles. The lowest BCUT2D eigenvalue weighted by atomic mass is 10.2. The van der Waals surface area contributed by atoms with Gasteiger partial charge in [-0.15, -0.1) is 0 Å². The van der Waals surface area contributed by atoms with Crippen LogP contribution in [0.15, 0.2) is 0 Å². The molecule has 2 atom stereocenters. The zero-order chi connectivity index (χ0) is 8.27. The van der Waals surface area contributed by atoms with E-state index < -0.39 is 0 Å². The Kier molecular flexibility index (Phi) is 3.73. The first-order valence-corrected chi connectivity index (χ1v) is 5.50. The number of hydrogen-bond donors (Lipinski definition) is 1. The van der Waals surface area contributed by atoms with Crippen LogP contribution in [0.1, 0.15) is 27.2 Å². The van der Waals surface area contributed by atoms with Crippen LogP contribution in [0.2, 0.25) is 0 Å². The molecule has 1 aliphatic rings. The Morgan fingerprint density at radius 3 is 2.55 bits per heavy atom. The molecule has 0 bridgehead atoms. The quantitative estimate of drug-likeness (QED) is 0.701. The summed E-state index contributed by atoms with van der Waals surface area (Å²) in [6.45, 7) is 9.40. The van der Waals surface area contributed by atoms with E-state index in [1.165, 1.54) is 19.5 Å². The summed E-state index contributed by atoms with van der Waals surface area (Å²) in [6, 6.07) is 0. The molecule has 66 valence electrons. The van der Waals surface area contributed by atoms with E-state index in [0.29, 0.717) is 0 Å². The summed E-state index contributed by atoms with van der Waals surface area (Å²) in [5.74, 6) is 0.820. The second-order valence-corrected chi connectivity index (χ2v) is 5.38. The maximum atomic E-state index is 3.40. The van der Waals surface area contributed by atoms with Crippen LogP contribution in [0.4, 0.5) is 0 Å². The lowest BCUT2D eigenvalue weighted by molar-refractivity contribution is 0.639. The van der Waals surface area contributed by atoms with Crippen molar-refractivity contribution in [3.8, 4) is 0 Å². The normalized spacial score (nSPS) is 27.8. The van der Waals surface area contributed by atoms with Crippen LogP contribution < -0.4 is 5.32 Å². The van der Waals surface area contributed by atoms with E-state index in [2.05, 4.69) is 37.8 Å². The molecule has 0 amide bonds. The van der Waals surface area contributed by atoms with Crippen molar-refractivity contribution in [2.75, 3.05) is 13.1 Å². The Morgan fingerprint density at radius 2 is 2.09 bits per heavy atom. The van der Waals surface area contributed by atoms with E-state index in [9.17, 15) is 0 Å². The third-order valence-electron chi connectivity index (χ3n) is 2.36. The molecule has 0 aromatic heterocycles. The predicted octanol–water partition coefficient (Wildman–Crippen LogP) is 2.13. The zero-order valence-corrected chi connectivity index (χ0v) is 8.58. The lowest BCUT2D eigenvalue weighted by Gasteiger charge is -2.18. The van der Waals surface area contributed by atoms with Crippen molar-refractivity contribution in [3.05, 3.63) is 0 Å². The summed E-state index contributed by atoms with van der Waals surface area (Å²) in [6.07, 6.45) is 1.36. The monoisotopic (exact) mass is 173 g/mol. The topological polar surface area (TPSA) is 12.0 Å². The molecule has 1 rings (SSSR count). The number of hydrogen-bond acceptors (Lipinski definition) is 2. The largest absolute Gasteiger partial charge is 0.316 e. The molecule has 0 spiro atoms. The molecule has 0 aromatic carbocycles. The second kappa shape index (κ2) is 4.36. The minimum absolute atomic E-state index is 0.819. The average molecular weight is 173 g/mol. The van der Waals surface area contributed by atoms with Gasteiger partial charge in [0.2, 0.25) is 0 Å². The molecule has 1 nitrogen and oxygen atoms in total. The van der Waals surface area contributed by atoms with E-state index in [-0.39, 0.29) is 0 Å². The smallest absolute Gasteiger partial charge is 0.0187 e. The fourth-order valence-corrected chi connectivity index (χ4v) is 2.59. The Bertz CT molecular complexity index is 108. The first-order chi connectivity index (χ1) is 5.20. The van der Waals surface area contributed by atoms with Crippen molar-refractivity contribution in [1.29, 1.82) is 0 Å². The molecule has 0 radical (unpaired) electrons. The summed E-state index contributed by atoms with van der Waals surface area (Å²) in [5.41, 5.74) is 0. The zero-order valence-electron chi connectivity index (χ0n) is 7.76. The molecule has 2 heteroatoms. The molecule has 11 heavy (non-hydrogen) atoms. The highest BCUT2D eigenvalue weighted by molar-refractivity contribution is 8.00. The molecule has 0 aliphatic carbocycles. The van der Waals surface area contributed by atoms with Gasteiger partial charge in [0.25, 0.3) is 0 Å². The summed E-state index contributed by atoms with van der Waals surface area (Å²) < 4.78 is 0. The molecule has 0 saturated carbocycles. The highest BCUT2D eigenvalue weighted by Crippen LogP contribution is 2.26. The fraction of sp³-hybridized carbons (Fsp3) is 1.00. The summed E-state index contributed by atoms with van der Waals surface area (Å²) >= 11 is 2.15. The summed E-state index contributed by atoms with van der Waals surface area (Å²) in [7, 11) is 0. The predicted molar refractivity (Wildman–Crippen MR) is 53.2 cm³/mol. The van der Waals surface area contributed by atoms with Gasteiger partial charge in [-0.3, -0.25) is 0 Å². The van der Waals surface area contributed by atoms with Gasteiger partial charge in [-0.1, -0.05) is 20.8 Å². The Labute approximate surface area is 74.3 Å². The van der Waals surface area contributed by atoms with Crippen LogP contribution in [0, 0.1) is 5.92 Å². The standard InChI is InChI=1S/C9H19NS/c1-7(2)8(3)11-9-4-5-10-6-9/h7-10H,4-6H2,1-3H3. The van der Waals surface area contributed by atoms with Crippen molar-refractivity contribution in [2.24, 2.45) is 5.92 Å². The van der Waals surface area contributed by atoms with Crippen LogP contribution in [-0.4, -0.2) is 23.6 Å². The Morgan fingerprint density at radius 1 is 1.36 bits per heavy atom. The van der Waals surface area contributed by atoms with Gasteiger partial charge in [0.05, 0.1) is 0 Å².